The second kappa shape index (κ2) is 7.70. The standard InChI is InChI=1S/C12H22N2O3/c1-5-7-9(4)13-12(17)14-10(11(15)16)8(3)6-2/h5,8-10H,1,6-7H2,2-4H3,(H,15,16)(H2,13,14,17)/t8-,9?,10-/m0/s1. The Morgan fingerprint density at radius 1 is 1.35 bits per heavy atom. The van der Waals surface area contributed by atoms with Crippen molar-refractivity contribution in [2.75, 3.05) is 0 Å². The van der Waals surface area contributed by atoms with Gasteiger partial charge in [0.05, 0.1) is 0 Å². The molecule has 0 rings (SSSR count). The highest BCUT2D eigenvalue weighted by Gasteiger charge is 2.25. The molecule has 0 saturated carbocycles. The van der Waals surface area contributed by atoms with Gasteiger partial charge in [0.2, 0.25) is 0 Å². The monoisotopic (exact) mass is 242 g/mol. The second-order valence-corrected chi connectivity index (χ2v) is 4.24. The molecular formula is C12H22N2O3. The quantitative estimate of drug-likeness (QED) is 0.595. The number of carbonyl (C=O) groups excluding carboxylic acids is 1. The third-order valence-corrected chi connectivity index (χ3v) is 2.66. The fraction of sp³-hybridized carbons (Fsp3) is 0.667. The van der Waals surface area contributed by atoms with Crippen LogP contribution < -0.4 is 10.6 Å². The van der Waals surface area contributed by atoms with Crippen LogP contribution in [0, 0.1) is 5.92 Å². The van der Waals surface area contributed by atoms with Gasteiger partial charge in [-0.25, -0.2) is 9.59 Å². The number of carbonyl (C=O) groups is 2. The predicted octanol–water partition coefficient (Wildman–Crippen LogP) is 1.75. The van der Waals surface area contributed by atoms with E-state index in [2.05, 4.69) is 17.2 Å². The number of nitrogens with one attached hydrogen (secondary N) is 2. The second-order valence-electron chi connectivity index (χ2n) is 4.24. The molecule has 2 amide bonds. The van der Waals surface area contributed by atoms with Crippen LogP contribution in [0.1, 0.15) is 33.6 Å². The first-order chi connectivity index (χ1) is 7.92. The topological polar surface area (TPSA) is 78.4 Å². The summed E-state index contributed by atoms with van der Waals surface area (Å²) in [5.41, 5.74) is 0. The van der Waals surface area contributed by atoms with Crippen LogP contribution >= 0.6 is 0 Å². The minimum atomic E-state index is -1.01. The van der Waals surface area contributed by atoms with E-state index < -0.39 is 18.0 Å². The minimum Gasteiger partial charge on any atom is -0.480 e. The normalized spacial score (nSPS) is 15.5. The number of hydrogen-bond acceptors (Lipinski definition) is 2. The maximum atomic E-state index is 11.5. The summed E-state index contributed by atoms with van der Waals surface area (Å²) in [7, 11) is 0. The van der Waals surface area contributed by atoms with Crippen LogP contribution in [0.4, 0.5) is 4.79 Å². The molecule has 3 atom stereocenters. The van der Waals surface area contributed by atoms with Gasteiger partial charge >= 0.3 is 12.0 Å². The van der Waals surface area contributed by atoms with Gasteiger partial charge in [0, 0.05) is 6.04 Å². The first-order valence-corrected chi connectivity index (χ1v) is 5.83. The predicted molar refractivity (Wildman–Crippen MR) is 66.8 cm³/mol. The summed E-state index contributed by atoms with van der Waals surface area (Å²) in [6.45, 7) is 9.09. The molecule has 0 aliphatic heterocycles. The first kappa shape index (κ1) is 15.5. The molecule has 0 fully saturated rings. The highest BCUT2D eigenvalue weighted by molar-refractivity contribution is 5.82. The van der Waals surface area contributed by atoms with E-state index in [4.69, 9.17) is 5.11 Å². The SMILES string of the molecule is C=CCC(C)NC(=O)N[C@H](C(=O)O)[C@@H](C)CC. The van der Waals surface area contributed by atoms with E-state index in [1.54, 1.807) is 13.0 Å². The fourth-order valence-corrected chi connectivity index (χ4v) is 1.40. The van der Waals surface area contributed by atoms with Gasteiger partial charge in [0.15, 0.2) is 0 Å². The maximum absolute atomic E-state index is 11.5. The summed E-state index contributed by atoms with van der Waals surface area (Å²) in [4.78, 5) is 22.5. The zero-order chi connectivity index (χ0) is 13.4. The number of carboxylic acid groups (broad SMARTS) is 1. The van der Waals surface area contributed by atoms with E-state index in [-0.39, 0.29) is 12.0 Å². The lowest BCUT2D eigenvalue weighted by Gasteiger charge is -2.21. The third kappa shape index (κ3) is 5.94. The van der Waals surface area contributed by atoms with Crippen LogP contribution in [0.15, 0.2) is 12.7 Å². The van der Waals surface area contributed by atoms with E-state index in [1.807, 2.05) is 13.8 Å². The highest BCUT2D eigenvalue weighted by Crippen LogP contribution is 2.07. The van der Waals surface area contributed by atoms with Gasteiger partial charge in [-0.15, -0.1) is 6.58 Å². The summed E-state index contributed by atoms with van der Waals surface area (Å²) in [6.07, 6.45) is 3.04. The zero-order valence-corrected chi connectivity index (χ0v) is 10.7. The molecule has 98 valence electrons. The van der Waals surface area contributed by atoms with Crippen molar-refractivity contribution in [3.05, 3.63) is 12.7 Å². The van der Waals surface area contributed by atoms with Crippen molar-refractivity contribution in [1.82, 2.24) is 10.6 Å². The smallest absolute Gasteiger partial charge is 0.326 e. The van der Waals surface area contributed by atoms with Crippen molar-refractivity contribution in [2.45, 2.75) is 45.7 Å². The van der Waals surface area contributed by atoms with Crippen LogP contribution in [0.25, 0.3) is 0 Å². The van der Waals surface area contributed by atoms with E-state index in [0.29, 0.717) is 12.8 Å². The van der Waals surface area contributed by atoms with Crippen LogP contribution in [0.3, 0.4) is 0 Å². The van der Waals surface area contributed by atoms with Crippen molar-refractivity contribution in [2.24, 2.45) is 5.92 Å². The molecule has 5 heteroatoms. The average molecular weight is 242 g/mol. The van der Waals surface area contributed by atoms with Crippen molar-refractivity contribution < 1.29 is 14.7 Å². The van der Waals surface area contributed by atoms with Gasteiger partial charge in [-0.1, -0.05) is 26.3 Å². The minimum absolute atomic E-state index is 0.0566. The van der Waals surface area contributed by atoms with E-state index in [9.17, 15) is 9.59 Å². The molecule has 0 aromatic carbocycles. The van der Waals surface area contributed by atoms with Gasteiger partial charge in [0.1, 0.15) is 6.04 Å². The van der Waals surface area contributed by atoms with Crippen LogP contribution in [0.2, 0.25) is 0 Å². The lowest BCUT2D eigenvalue weighted by atomic mass is 9.99. The maximum Gasteiger partial charge on any atom is 0.326 e. The van der Waals surface area contributed by atoms with E-state index in [1.165, 1.54) is 0 Å². The molecule has 0 aromatic heterocycles. The Morgan fingerprint density at radius 2 is 1.94 bits per heavy atom. The molecule has 3 N–H and O–H groups in total. The highest BCUT2D eigenvalue weighted by atomic mass is 16.4. The fourth-order valence-electron chi connectivity index (χ4n) is 1.40. The number of hydrogen-bond donors (Lipinski definition) is 3. The molecule has 0 aliphatic carbocycles. The lowest BCUT2D eigenvalue weighted by Crippen LogP contribution is -2.50. The summed E-state index contributed by atoms with van der Waals surface area (Å²) in [5, 5.41) is 14.1. The van der Waals surface area contributed by atoms with Crippen molar-refractivity contribution >= 4 is 12.0 Å². The van der Waals surface area contributed by atoms with Crippen LogP contribution in [0.5, 0.6) is 0 Å². The average Bonchev–Trinajstić information content (AvgIpc) is 2.24. The Balaban J connectivity index is 4.31. The number of carboxylic acids is 1. The van der Waals surface area contributed by atoms with Crippen molar-refractivity contribution in [3.8, 4) is 0 Å². The van der Waals surface area contributed by atoms with Gasteiger partial charge in [0.25, 0.3) is 0 Å². The molecule has 0 radical (unpaired) electrons. The summed E-state index contributed by atoms with van der Waals surface area (Å²) in [5.74, 6) is -1.11. The molecule has 1 unspecified atom stereocenters. The van der Waals surface area contributed by atoms with Crippen molar-refractivity contribution in [1.29, 1.82) is 0 Å². The Hall–Kier alpha value is -1.52. The Labute approximate surface area is 102 Å². The van der Waals surface area contributed by atoms with Gasteiger partial charge in [-0.05, 0) is 19.3 Å². The van der Waals surface area contributed by atoms with Gasteiger partial charge < -0.3 is 15.7 Å². The van der Waals surface area contributed by atoms with Crippen LogP contribution in [-0.2, 0) is 4.79 Å². The third-order valence-electron chi connectivity index (χ3n) is 2.66. The molecule has 0 heterocycles. The molecule has 5 nitrogen and oxygen atoms in total. The Morgan fingerprint density at radius 3 is 2.35 bits per heavy atom. The molecule has 0 spiro atoms. The largest absolute Gasteiger partial charge is 0.480 e. The first-order valence-electron chi connectivity index (χ1n) is 5.83. The number of aliphatic carboxylic acids is 1. The lowest BCUT2D eigenvalue weighted by molar-refractivity contribution is -0.140. The molecular weight excluding hydrogens is 220 g/mol. The number of urea groups is 1. The summed E-state index contributed by atoms with van der Waals surface area (Å²) in [6, 6.07) is -1.36. The zero-order valence-electron chi connectivity index (χ0n) is 10.7. The summed E-state index contributed by atoms with van der Waals surface area (Å²) < 4.78 is 0. The Bertz CT molecular complexity index is 279. The van der Waals surface area contributed by atoms with Crippen molar-refractivity contribution in [3.63, 3.8) is 0 Å². The molecule has 0 aliphatic rings. The number of amides is 2. The van der Waals surface area contributed by atoms with Gasteiger partial charge in [-0.2, -0.15) is 0 Å². The van der Waals surface area contributed by atoms with E-state index >= 15 is 0 Å². The van der Waals surface area contributed by atoms with E-state index in [0.717, 1.165) is 0 Å². The Kier molecular flexibility index (Phi) is 7.02. The number of rotatable bonds is 7. The summed E-state index contributed by atoms with van der Waals surface area (Å²) >= 11 is 0. The molecule has 17 heavy (non-hydrogen) atoms. The molecule has 0 saturated heterocycles. The molecule has 0 bridgehead atoms. The molecule has 0 aromatic rings. The van der Waals surface area contributed by atoms with Crippen LogP contribution in [-0.4, -0.2) is 29.2 Å². The van der Waals surface area contributed by atoms with Gasteiger partial charge in [-0.3, -0.25) is 0 Å².